The molecule has 4 rings (SSSR count). The Hall–Kier alpha value is -2.30. The van der Waals surface area contributed by atoms with E-state index in [4.69, 9.17) is 13.6 Å². The van der Waals surface area contributed by atoms with Gasteiger partial charge in [0, 0.05) is 18.0 Å². The Morgan fingerprint density at radius 2 is 1.26 bits per heavy atom. The molecule has 3 aromatic rings. The van der Waals surface area contributed by atoms with Crippen LogP contribution in [0.2, 0.25) is 21.7 Å². The predicted molar refractivity (Wildman–Crippen MR) is 201 cm³/mol. The van der Waals surface area contributed by atoms with Gasteiger partial charge >= 0.3 is 0 Å². The normalized spacial score (nSPS) is 19.6. The number of aromatic nitrogens is 1. The van der Waals surface area contributed by atoms with Crippen LogP contribution in [-0.2, 0) is 13.6 Å². The molecular weight excluding hydrogens is 615 g/mol. The fourth-order valence-electron chi connectivity index (χ4n) is 8.63. The van der Waals surface area contributed by atoms with Crippen LogP contribution in [0.1, 0.15) is 104 Å². The molecule has 0 radical (unpaired) electrons. The van der Waals surface area contributed by atoms with E-state index in [0.717, 1.165) is 30.7 Å². The average Bonchev–Trinajstić information content (AvgIpc) is 3.35. The molecule has 0 bridgehead atoms. The van der Waals surface area contributed by atoms with Gasteiger partial charge in [-0.25, -0.2) is 0 Å². The van der Waals surface area contributed by atoms with Crippen LogP contribution in [0.5, 0.6) is 0 Å². The maximum atomic E-state index is 13.6. The number of benzene rings is 2. The summed E-state index contributed by atoms with van der Waals surface area (Å²) in [6, 6.07) is 25.7. The highest BCUT2D eigenvalue weighted by molar-refractivity contribution is 6.99. The molecule has 1 aliphatic rings. The zero-order valence-corrected chi connectivity index (χ0v) is 33.0. The third-order valence-corrected chi connectivity index (χ3v) is 21.8. The number of aryl methyl sites for hydroxylation is 2. The second kappa shape index (κ2) is 15.5. The monoisotopic (exact) mass is 675 g/mol. The molecule has 0 spiro atoms. The van der Waals surface area contributed by atoms with Crippen molar-refractivity contribution in [1.29, 1.82) is 0 Å². The second-order valence-electron chi connectivity index (χ2n) is 15.8. The minimum Gasteiger partial charge on any atom is -0.413 e. The Kier molecular flexibility index (Phi) is 12.4. The van der Waals surface area contributed by atoms with Crippen molar-refractivity contribution < 1.29 is 18.4 Å². The van der Waals surface area contributed by atoms with Crippen molar-refractivity contribution in [3.63, 3.8) is 0 Å². The zero-order valence-electron chi connectivity index (χ0n) is 31.0. The van der Waals surface area contributed by atoms with Gasteiger partial charge in [0.1, 0.15) is 0 Å². The molecule has 0 saturated carbocycles. The maximum Gasteiger partial charge on any atom is 0.261 e. The molecule has 0 amide bonds. The quantitative estimate of drug-likeness (QED) is 0.170. The zero-order chi connectivity index (χ0) is 34.6. The summed E-state index contributed by atoms with van der Waals surface area (Å²) in [4.78, 5) is 13.6. The van der Waals surface area contributed by atoms with Crippen molar-refractivity contribution in [3.8, 4) is 0 Å². The van der Waals surface area contributed by atoms with E-state index in [2.05, 4.69) is 123 Å². The van der Waals surface area contributed by atoms with Crippen molar-refractivity contribution in [2.75, 3.05) is 6.61 Å². The first-order chi connectivity index (χ1) is 22.1. The molecule has 1 aliphatic heterocycles. The van der Waals surface area contributed by atoms with Gasteiger partial charge in [-0.05, 0) is 77.3 Å². The van der Waals surface area contributed by atoms with E-state index in [-0.39, 0.29) is 29.3 Å². The molecule has 1 saturated heterocycles. The predicted octanol–water partition coefficient (Wildman–Crippen LogP) is 9.21. The third-order valence-electron chi connectivity index (χ3n) is 10.6. The molecule has 1 fully saturated rings. The molecule has 258 valence electrons. The topological polar surface area (TPSA) is 49.7 Å². The lowest BCUT2D eigenvalue weighted by molar-refractivity contribution is -0.0971. The van der Waals surface area contributed by atoms with Gasteiger partial charge < -0.3 is 13.6 Å². The molecule has 3 atom stereocenters. The van der Waals surface area contributed by atoms with Crippen LogP contribution in [-0.4, -0.2) is 52.0 Å². The van der Waals surface area contributed by atoms with E-state index in [1.54, 1.807) is 0 Å². The molecule has 0 unspecified atom stereocenters. The molecule has 0 aliphatic carbocycles. The van der Waals surface area contributed by atoms with Crippen molar-refractivity contribution in [1.82, 2.24) is 4.57 Å². The van der Waals surface area contributed by atoms with Gasteiger partial charge in [-0.1, -0.05) is 123 Å². The number of carbonyl (C=O) groups excluding carboxylic acids is 1. The van der Waals surface area contributed by atoms with Gasteiger partial charge in [0.2, 0.25) is 14.2 Å². The fraction of sp³-hybridized carbons (Fsp3) is 0.575. The van der Waals surface area contributed by atoms with Crippen molar-refractivity contribution >= 4 is 32.9 Å². The van der Waals surface area contributed by atoms with Crippen molar-refractivity contribution in [3.05, 3.63) is 84.2 Å². The average molecular weight is 676 g/mol. The summed E-state index contributed by atoms with van der Waals surface area (Å²) in [5.41, 5.74) is 3.42. The lowest BCUT2D eigenvalue weighted by Gasteiger charge is -2.47. The summed E-state index contributed by atoms with van der Waals surface area (Å²) >= 11 is 0. The summed E-state index contributed by atoms with van der Waals surface area (Å²) < 4.78 is 23.3. The third kappa shape index (κ3) is 7.96. The van der Waals surface area contributed by atoms with Crippen LogP contribution in [0.3, 0.4) is 0 Å². The minimum absolute atomic E-state index is 0.0465. The number of hydrogen-bond donors (Lipinski definition) is 0. The van der Waals surface area contributed by atoms with E-state index < -0.39 is 16.6 Å². The van der Waals surface area contributed by atoms with Crippen LogP contribution in [0.4, 0.5) is 0 Å². The molecule has 2 aromatic carbocycles. The minimum atomic E-state index is -2.66. The Bertz CT molecular complexity index is 1350. The SMILES string of the molecule is Cc1ccc(C)n1C(=O)C[C@H]1C[C@@H](O[Si](C(C)C)(C(C)C)C(C)C)C[C@@H](CCO[Si](c2ccccc2)(c2ccccc2)C(C)(C)C)O1. The molecule has 7 heteroatoms. The summed E-state index contributed by atoms with van der Waals surface area (Å²) in [6.45, 7) is 25.6. The summed E-state index contributed by atoms with van der Waals surface area (Å²) in [5, 5.41) is 2.48. The van der Waals surface area contributed by atoms with E-state index in [1.165, 1.54) is 10.4 Å². The highest BCUT2D eigenvalue weighted by Gasteiger charge is 2.51. The van der Waals surface area contributed by atoms with Crippen LogP contribution < -0.4 is 10.4 Å². The fourth-order valence-corrected chi connectivity index (χ4v) is 18.8. The van der Waals surface area contributed by atoms with Crippen LogP contribution in [0, 0.1) is 13.8 Å². The van der Waals surface area contributed by atoms with E-state index >= 15 is 0 Å². The molecule has 2 heterocycles. The molecule has 47 heavy (non-hydrogen) atoms. The number of nitrogens with zero attached hydrogens (tertiary/aromatic N) is 1. The number of carbonyl (C=O) groups is 1. The van der Waals surface area contributed by atoms with Crippen LogP contribution >= 0.6 is 0 Å². The number of ether oxygens (including phenoxy) is 1. The Balaban J connectivity index is 1.62. The van der Waals surface area contributed by atoms with E-state index in [0.29, 0.717) is 29.7 Å². The van der Waals surface area contributed by atoms with Gasteiger partial charge in [0.15, 0.2) is 0 Å². The van der Waals surface area contributed by atoms with Crippen molar-refractivity contribution in [2.24, 2.45) is 0 Å². The molecule has 0 N–H and O–H groups in total. The largest absolute Gasteiger partial charge is 0.413 e. The highest BCUT2D eigenvalue weighted by atomic mass is 28.4. The van der Waals surface area contributed by atoms with Gasteiger partial charge in [-0.15, -0.1) is 0 Å². The van der Waals surface area contributed by atoms with E-state index in [9.17, 15) is 4.79 Å². The molecule has 5 nitrogen and oxygen atoms in total. The van der Waals surface area contributed by atoms with Gasteiger partial charge in [0.05, 0.1) is 24.7 Å². The summed E-state index contributed by atoms with van der Waals surface area (Å²) in [7, 11) is -4.79. The van der Waals surface area contributed by atoms with E-state index in [1.807, 2.05) is 30.5 Å². The first-order valence-corrected chi connectivity index (χ1v) is 21.9. The number of rotatable bonds is 13. The van der Waals surface area contributed by atoms with Crippen LogP contribution in [0.15, 0.2) is 72.8 Å². The van der Waals surface area contributed by atoms with Gasteiger partial charge in [-0.2, -0.15) is 0 Å². The second-order valence-corrected chi connectivity index (χ2v) is 25.5. The Labute approximate surface area is 287 Å². The Morgan fingerprint density at radius 1 is 0.787 bits per heavy atom. The first kappa shape index (κ1) is 37.5. The highest BCUT2D eigenvalue weighted by Crippen LogP contribution is 2.45. The smallest absolute Gasteiger partial charge is 0.261 e. The Morgan fingerprint density at radius 3 is 1.70 bits per heavy atom. The summed E-state index contributed by atoms with van der Waals surface area (Å²) in [6.07, 6.45) is 2.51. The van der Waals surface area contributed by atoms with Crippen LogP contribution in [0.25, 0.3) is 0 Å². The molecule has 1 aromatic heterocycles. The number of hydrogen-bond acceptors (Lipinski definition) is 4. The summed E-state index contributed by atoms with van der Waals surface area (Å²) in [5.74, 6) is 0.0954. The maximum absolute atomic E-state index is 13.6. The lowest BCUT2D eigenvalue weighted by atomic mass is 9.97. The lowest BCUT2D eigenvalue weighted by Crippen LogP contribution is -2.66. The molecular formula is C40H61NO4Si2. The standard InChI is InChI=1S/C40H61NO4Si2/c1-29(2)46(30(3)4,31(5)6)45-36-26-34(44-35(27-36)28-39(42)41-32(7)22-23-33(41)8)24-25-43-47(40(9,10)11,37-18-14-12-15-19-37)38-20-16-13-17-21-38/h12-23,29-31,34-36H,24-28H2,1-11H3/t34-,35-,36+/m1/s1. The van der Waals surface area contributed by atoms with Gasteiger partial charge in [0.25, 0.3) is 8.32 Å². The van der Waals surface area contributed by atoms with Gasteiger partial charge in [-0.3, -0.25) is 9.36 Å². The first-order valence-electron chi connectivity index (χ1n) is 17.9. The van der Waals surface area contributed by atoms with Crippen molar-refractivity contribution in [2.45, 2.75) is 142 Å².